The third-order valence-electron chi connectivity index (χ3n) is 2.25. The molecule has 0 bridgehead atoms. The van der Waals surface area contributed by atoms with Gasteiger partial charge in [-0.05, 0) is 29.2 Å². The van der Waals surface area contributed by atoms with Gasteiger partial charge in [0.15, 0.2) is 0 Å². The van der Waals surface area contributed by atoms with Gasteiger partial charge in [0.25, 0.3) is 0 Å². The van der Waals surface area contributed by atoms with Crippen LogP contribution in [-0.2, 0) is 6.42 Å². The molecule has 2 aromatic carbocycles. The second kappa shape index (κ2) is 3.61. The summed E-state index contributed by atoms with van der Waals surface area (Å²) < 4.78 is 0. The monoisotopic (exact) mass is 169 g/mol. The van der Waals surface area contributed by atoms with E-state index < -0.39 is 0 Å². The van der Waals surface area contributed by atoms with Crippen molar-refractivity contribution in [2.24, 2.45) is 0 Å². The van der Waals surface area contributed by atoms with E-state index in [0.29, 0.717) is 0 Å². The second-order valence-corrected chi connectivity index (χ2v) is 3.29. The minimum atomic E-state index is 1.06. The maximum atomic E-state index is 2.26. The molecule has 0 N–H and O–H groups in total. The van der Waals surface area contributed by atoms with E-state index in [2.05, 4.69) is 55.8 Å². The minimum absolute atomic E-state index is 1.06. The van der Waals surface area contributed by atoms with Crippen LogP contribution in [0, 0.1) is 6.42 Å². The average Bonchev–Trinajstić information content (AvgIpc) is 2.18. The van der Waals surface area contributed by atoms with Crippen molar-refractivity contribution in [3.05, 3.63) is 54.4 Å². The summed E-state index contributed by atoms with van der Waals surface area (Å²) in [6.45, 7) is 2.09. The summed E-state index contributed by atoms with van der Waals surface area (Å²) in [7, 11) is 0. The average molecular weight is 169 g/mol. The maximum absolute atomic E-state index is 2.26. The van der Waals surface area contributed by atoms with Gasteiger partial charge in [0.1, 0.15) is 0 Å². The van der Waals surface area contributed by atoms with Gasteiger partial charge in [-0.25, -0.2) is 0 Å². The van der Waals surface area contributed by atoms with Crippen molar-refractivity contribution < 1.29 is 0 Å². The molecule has 0 aliphatic heterocycles. The summed E-state index contributed by atoms with van der Waals surface area (Å²) in [4.78, 5) is 0. The van der Waals surface area contributed by atoms with Gasteiger partial charge >= 0.3 is 0 Å². The molecule has 0 aliphatic carbocycles. The van der Waals surface area contributed by atoms with E-state index in [9.17, 15) is 0 Å². The topological polar surface area (TPSA) is 0 Å². The molecule has 2 rings (SSSR count). The highest BCUT2D eigenvalue weighted by molar-refractivity contribution is 5.82. The van der Waals surface area contributed by atoms with E-state index in [0.717, 1.165) is 6.42 Å². The molecular weight excluding hydrogens is 156 g/mol. The summed E-state index contributed by atoms with van der Waals surface area (Å²) in [6, 6.07) is 15.1. The fraction of sp³-hybridized carbons (Fsp3) is 0.154. The molecule has 0 aromatic heterocycles. The van der Waals surface area contributed by atoms with Crippen molar-refractivity contribution >= 4 is 10.8 Å². The lowest BCUT2D eigenvalue weighted by Gasteiger charge is -2.01. The molecule has 13 heavy (non-hydrogen) atoms. The zero-order valence-electron chi connectivity index (χ0n) is 7.83. The van der Waals surface area contributed by atoms with Gasteiger partial charge in [-0.1, -0.05) is 49.4 Å². The normalized spacial score (nSPS) is 10.5. The van der Waals surface area contributed by atoms with E-state index in [1.165, 1.54) is 16.3 Å². The summed E-state index contributed by atoms with van der Waals surface area (Å²) in [5.74, 6) is 0. The van der Waals surface area contributed by atoms with Crippen molar-refractivity contribution in [3.63, 3.8) is 0 Å². The second-order valence-electron chi connectivity index (χ2n) is 3.29. The number of benzene rings is 2. The molecule has 0 heterocycles. The van der Waals surface area contributed by atoms with E-state index in [1.54, 1.807) is 0 Å². The number of fused-ring (bicyclic) bond motifs is 1. The Balaban J connectivity index is 2.49. The Kier molecular flexibility index (Phi) is 2.31. The van der Waals surface area contributed by atoms with E-state index in [4.69, 9.17) is 0 Å². The lowest BCUT2D eigenvalue weighted by atomic mass is 10.0. The first-order valence-electron chi connectivity index (χ1n) is 4.65. The molecule has 65 valence electrons. The Morgan fingerprint density at radius 3 is 2.54 bits per heavy atom. The van der Waals surface area contributed by atoms with Gasteiger partial charge in [-0.3, -0.25) is 0 Å². The van der Waals surface area contributed by atoms with Gasteiger partial charge in [-0.15, -0.1) is 0 Å². The molecule has 1 radical (unpaired) electrons. The predicted molar refractivity (Wildman–Crippen MR) is 57.6 cm³/mol. The van der Waals surface area contributed by atoms with Crippen LogP contribution in [0.5, 0.6) is 0 Å². The highest BCUT2D eigenvalue weighted by Gasteiger charge is 1.94. The Morgan fingerprint density at radius 2 is 1.77 bits per heavy atom. The smallest absolute Gasteiger partial charge is 0.0181 e. The zero-order chi connectivity index (χ0) is 9.10. The first-order valence-corrected chi connectivity index (χ1v) is 4.65. The van der Waals surface area contributed by atoms with Crippen molar-refractivity contribution in [2.45, 2.75) is 13.3 Å². The lowest BCUT2D eigenvalue weighted by molar-refractivity contribution is 1.15. The van der Waals surface area contributed by atoms with Crippen LogP contribution in [0.15, 0.2) is 42.5 Å². The van der Waals surface area contributed by atoms with Gasteiger partial charge in [-0.2, -0.15) is 0 Å². The Bertz CT molecular complexity index is 401. The summed E-state index contributed by atoms with van der Waals surface area (Å²) in [6.07, 6.45) is 3.24. The standard InChI is InChI=1S/C13H13/c1-2-5-11-8-9-12-6-3-4-7-13(12)10-11/h2-4,6-10H,5H2,1H3. The summed E-state index contributed by atoms with van der Waals surface area (Å²) in [5.41, 5.74) is 1.39. The van der Waals surface area contributed by atoms with E-state index >= 15 is 0 Å². The van der Waals surface area contributed by atoms with Crippen molar-refractivity contribution in [3.8, 4) is 0 Å². The molecule has 0 amide bonds. The predicted octanol–water partition coefficient (Wildman–Crippen LogP) is 3.61. The number of hydrogen-bond donors (Lipinski definition) is 0. The highest BCUT2D eigenvalue weighted by atomic mass is 14.0. The minimum Gasteiger partial charge on any atom is -0.0619 e. The molecule has 0 heteroatoms. The molecular formula is C13H13. The third kappa shape index (κ3) is 1.72. The van der Waals surface area contributed by atoms with Crippen LogP contribution in [0.2, 0.25) is 0 Å². The summed E-state index contributed by atoms with van der Waals surface area (Å²) >= 11 is 0. The lowest BCUT2D eigenvalue weighted by Crippen LogP contribution is -1.82. The van der Waals surface area contributed by atoms with Gasteiger partial charge < -0.3 is 0 Å². The number of hydrogen-bond acceptors (Lipinski definition) is 0. The number of rotatable bonds is 2. The van der Waals surface area contributed by atoms with Crippen LogP contribution in [0.1, 0.15) is 12.5 Å². The largest absolute Gasteiger partial charge is 0.0619 e. The zero-order valence-corrected chi connectivity index (χ0v) is 7.83. The highest BCUT2D eigenvalue weighted by Crippen LogP contribution is 2.16. The Morgan fingerprint density at radius 1 is 1.00 bits per heavy atom. The molecule has 0 saturated carbocycles. The van der Waals surface area contributed by atoms with Crippen molar-refractivity contribution in [1.82, 2.24) is 0 Å². The van der Waals surface area contributed by atoms with E-state index in [1.807, 2.05) is 0 Å². The SMILES string of the molecule is C[CH]Cc1ccc2ccccc2c1. The Hall–Kier alpha value is -1.30. The molecule has 0 unspecified atom stereocenters. The fourth-order valence-electron chi connectivity index (χ4n) is 1.60. The molecule has 0 fully saturated rings. The molecule has 2 aromatic rings. The maximum Gasteiger partial charge on any atom is -0.0181 e. The van der Waals surface area contributed by atoms with Crippen LogP contribution >= 0.6 is 0 Å². The van der Waals surface area contributed by atoms with Crippen molar-refractivity contribution in [2.75, 3.05) is 0 Å². The quantitative estimate of drug-likeness (QED) is 0.644. The Labute approximate surface area is 79.2 Å². The first-order chi connectivity index (χ1) is 6.40. The molecule has 0 spiro atoms. The van der Waals surface area contributed by atoms with Gasteiger partial charge in [0.2, 0.25) is 0 Å². The van der Waals surface area contributed by atoms with Crippen LogP contribution in [0.3, 0.4) is 0 Å². The molecule has 0 saturated heterocycles. The molecule has 0 atom stereocenters. The molecule has 0 aliphatic rings. The third-order valence-corrected chi connectivity index (χ3v) is 2.25. The molecule has 0 nitrogen and oxygen atoms in total. The van der Waals surface area contributed by atoms with Gasteiger partial charge in [0, 0.05) is 0 Å². The van der Waals surface area contributed by atoms with E-state index in [-0.39, 0.29) is 0 Å². The van der Waals surface area contributed by atoms with Crippen molar-refractivity contribution in [1.29, 1.82) is 0 Å². The fourth-order valence-corrected chi connectivity index (χ4v) is 1.60. The van der Waals surface area contributed by atoms with Crippen LogP contribution in [0.25, 0.3) is 10.8 Å². The van der Waals surface area contributed by atoms with Crippen LogP contribution in [0.4, 0.5) is 0 Å². The first kappa shape index (κ1) is 8.31. The van der Waals surface area contributed by atoms with Crippen LogP contribution in [-0.4, -0.2) is 0 Å². The summed E-state index contributed by atoms with van der Waals surface area (Å²) in [5, 5.41) is 2.66. The van der Waals surface area contributed by atoms with Gasteiger partial charge in [0.05, 0.1) is 0 Å². The van der Waals surface area contributed by atoms with Crippen LogP contribution < -0.4 is 0 Å².